The molecular weight excluding hydrogens is 504 g/mol. The molecule has 1 saturated heterocycles. The van der Waals surface area contributed by atoms with E-state index in [1.807, 2.05) is 52.8 Å². The molecule has 0 aliphatic carbocycles. The maximum atomic E-state index is 12.7. The van der Waals surface area contributed by atoms with Crippen LogP contribution in [0, 0.1) is 13.8 Å². The first-order chi connectivity index (χ1) is 17.7. The number of carbonyl (C=O) groups excluding carboxylic acids is 1. The molecule has 0 radical (unpaired) electrons. The summed E-state index contributed by atoms with van der Waals surface area (Å²) in [4.78, 5) is 24.2. The Labute approximate surface area is 224 Å². The lowest BCUT2D eigenvalue weighted by molar-refractivity contribution is 0.0197. The van der Waals surface area contributed by atoms with Crippen LogP contribution in [0.3, 0.4) is 0 Å². The summed E-state index contributed by atoms with van der Waals surface area (Å²) in [6.45, 7) is 10.6. The highest BCUT2D eigenvalue weighted by molar-refractivity contribution is 7.92. The van der Waals surface area contributed by atoms with Crippen molar-refractivity contribution in [1.29, 1.82) is 0 Å². The lowest BCUT2D eigenvalue weighted by Gasteiger charge is -2.34. The van der Waals surface area contributed by atoms with Gasteiger partial charge >= 0.3 is 6.09 Å². The van der Waals surface area contributed by atoms with E-state index in [2.05, 4.69) is 10.8 Å². The summed E-state index contributed by atoms with van der Waals surface area (Å²) in [5.41, 5.74) is 4.55. The molecule has 1 aromatic carbocycles. The summed E-state index contributed by atoms with van der Waals surface area (Å²) in [7, 11) is -1.93. The van der Waals surface area contributed by atoms with E-state index in [0.717, 1.165) is 35.8 Å². The van der Waals surface area contributed by atoms with E-state index >= 15 is 0 Å². The monoisotopic (exact) mass is 540 g/mol. The number of hydrogen-bond donors (Lipinski definition) is 1. The predicted molar refractivity (Wildman–Crippen MR) is 149 cm³/mol. The number of methoxy groups -OCH3 is 1. The van der Waals surface area contributed by atoms with Crippen molar-refractivity contribution in [1.82, 2.24) is 14.9 Å². The smallest absolute Gasteiger partial charge is 0.410 e. The van der Waals surface area contributed by atoms with E-state index in [1.165, 1.54) is 0 Å². The van der Waals surface area contributed by atoms with Crippen LogP contribution in [0.15, 0.2) is 30.3 Å². The van der Waals surface area contributed by atoms with Crippen LogP contribution < -0.4 is 9.46 Å². The largest absolute Gasteiger partial charge is 0.496 e. The minimum Gasteiger partial charge on any atom is -0.496 e. The molecule has 1 amide bonds. The van der Waals surface area contributed by atoms with Crippen LogP contribution >= 0.6 is 0 Å². The highest BCUT2D eigenvalue weighted by atomic mass is 32.2. The fourth-order valence-electron chi connectivity index (χ4n) is 4.89. The lowest BCUT2D eigenvalue weighted by Crippen LogP contribution is -2.42. The third kappa shape index (κ3) is 6.35. The lowest BCUT2D eigenvalue weighted by atomic mass is 9.94. The quantitative estimate of drug-likeness (QED) is 0.461. The molecule has 204 valence electrons. The molecule has 1 fully saturated rings. The van der Waals surface area contributed by atoms with E-state index < -0.39 is 15.6 Å². The molecule has 2 aromatic heterocycles. The summed E-state index contributed by atoms with van der Waals surface area (Å²) < 4.78 is 38.3. The van der Waals surface area contributed by atoms with Gasteiger partial charge in [-0.25, -0.2) is 23.2 Å². The summed E-state index contributed by atoms with van der Waals surface area (Å²) in [6, 6.07) is 9.46. The van der Waals surface area contributed by atoms with E-state index in [9.17, 15) is 13.2 Å². The number of sulfonamides is 1. The van der Waals surface area contributed by atoms with Gasteiger partial charge in [0.05, 0.1) is 24.7 Å². The molecule has 4 rings (SSSR count). The van der Waals surface area contributed by atoms with E-state index in [-0.39, 0.29) is 12.0 Å². The van der Waals surface area contributed by atoms with Crippen LogP contribution in [-0.4, -0.2) is 61.4 Å². The van der Waals surface area contributed by atoms with Crippen molar-refractivity contribution >= 4 is 32.8 Å². The van der Waals surface area contributed by atoms with Crippen molar-refractivity contribution in [3.8, 4) is 17.0 Å². The second kappa shape index (κ2) is 10.4. The number of aryl methyl sites for hydroxylation is 2. The molecule has 9 nitrogen and oxygen atoms in total. The number of fused-ring (bicyclic) bond motifs is 1. The van der Waals surface area contributed by atoms with Crippen LogP contribution in [0.2, 0.25) is 0 Å². The zero-order valence-electron chi connectivity index (χ0n) is 23.1. The second-order valence-electron chi connectivity index (χ2n) is 11.0. The average Bonchev–Trinajstić information content (AvgIpc) is 2.81. The standard InChI is InChI=1S/C28H36N4O5S/c1-17-13-18(2)25(24(14-17)36-6)21-11-10-20-23(31-38(7,34)35)15-22(30-26(20)29-21)19-9-8-12-32(16-19)27(33)37-28(3,4)5/h10-11,13-15,19H,8-9,12,16H2,1-7H3,(H,29,30,31). The van der Waals surface area contributed by atoms with E-state index in [4.69, 9.17) is 19.4 Å². The molecule has 1 N–H and O–H groups in total. The Hall–Kier alpha value is -3.40. The number of hydrogen-bond acceptors (Lipinski definition) is 7. The highest BCUT2D eigenvalue weighted by Gasteiger charge is 2.30. The predicted octanol–water partition coefficient (Wildman–Crippen LogP) is 5.41. The Morgan fingerprint density at radius 2 is 1.87 bits per heavy atom. The average molecular weight is 541 g/mol. The highest BCUT2D eigenvalue weighted by Crippen LogP contribution is 2.36. The van der Waals surface area contributed by atoms with Crippen LogP contribution in [-0.2, 0) is 14.8 Å². The van der Waals surface area contributed by atoms with Gasteiger partial charge in [0.15, 0.2) is 5.65 Å². The number of carbonyl (C=O) groups is 1. The van der Waals surface area contributed by atoms with Gasteiger partial charge in [0.1, 0.15) is 11.4 Å². The topological polar surface area (TPSA) is 111 Å². The number of piperidine rings is 1. The van der Waals surface area contributed by atoms with Gasteiger partial charge in [-0.2, -0.15) is 0 Å². The Morgan fingerprint density at radius 3 is 2.53 bits per heavy atom. The van der Waals surface area contributed by atoms with Crippen molar-refractivity contribution in [2.24, 2.45) is 0 Å². The van der Waals surface area contributed by atoms with Gasteiger partial charge in [0.25, 0.3) is 0 Å². The van der Waals surface area contributed by atoms with Crippen molar-refractivity contribution in [3.05, 3.63) is 47.2 Å². The zero-order chi connectivity index (χ0) is 27.8. The van der Waals surface area contributed by atoms with Crippen LogP contribution in [0.25, 0.3) is 22.3 Å². The maximum absolute atomic E-state index is 12.7. The molecule has 0 spiro atoms. The molecular formula is C28H36N4O5S. The number of likely N-dealkylation sites (tertiary alicyclic amines) is 1. The number of benzene rings is 1. The maximum Gasteiger partial charge on any atom is 0.410 e. The number of pyridine rings is 2. The number of anilines is 1. The minimum absolute atomic E-state index is 0.0955. The van der Waals surface area contributed by atoms with Crippen molar-refractivity contribution in [3.63, 3.8) is 0 Å². The molecule has 3 heterocycles. The summed E-state index contributed by atoms with van der Waals surface area (Å²) in [5, 5.41) is 0.589. The fraction of sp³-hybridized carbons (Fsp3) is 0.464. The van der Waals surface area contributed by atoms with Crippen molar-refractivity contribution < 1.29 is 22.7 Å². The van der Waals surface area contributed by atoms with Gasteiger partial charge in [0, 0.05) is 35.7 Å². The van der Waals surface area contributed by atoms with Gasteiger partial charge in [-0.05, 0) is 82.9 Å². The van der Waals surface area contributed by atoms with Gasteiger partial charge in [0.2, 0.25) is 10.0 Å². The molecule has 1 unspecified atom stereocenters. The molecule has 10 heteroatoms. The normalized spacial score (nSPS) is 16.4. The molecule has 1 aliphatic rings. The molecule has 1 aliphatic heterocycles. The Bertz CT molecular complexity index is 1480. The number of aromatic nitrogens is 2. The van der Waals surface area contributed by atoms with Gasteiger partial charge in [-0.15, -0.1) is 0 Å². The summed E-state index contributed by atoms with van der Waals surface area (Å²) in [5.74, 6) is 0.613. The SMILES string of the molecule is COc1cc(C)cc(C)c1-c1ccc2c(NS(C)(=O)=O)cc(C3CCCN(C(=O)OC(C)(C)C)C3)nc2n1. The first-order valence-corrected chi connectivity index (χ1v) is 14.6. The molecule has 0 saturated carbocycles. The molecule has 0 bridgehead atoms. The number of nitrogens with zero attached hydrogens (tertiary/aromatic N) is 3. The Morgan fingerprint density at radius 1 is 1.13 bits per heavy atom. The molecule has 38 heavy (non-hydrogen) atoms. The van der Waals surface area contributed by atoms with Crippen molar-refractivity contribution in [2.75, 3.05) is 31.2 Å². The second-order valence-corrected chi connectivity index (χ2v) is 12.7. The van der Waals surface area contributed by atoms with Gasteiger partial charge in [-0.1, -0.05) is 6.07 Å². The molecule has 3 aromatic rings. The zero-order valence-corrected chi connectivity index (χ0v) is 23.9. The number of amides is 1. The molecule has 1 atom stereocenters. The first-order valence-electron chi connectivity index (χ1n) is 12.7. The van der Waals surface area contributed by atoms with E-state index in [1.54, 1.807) is 18.1 Å². The summed E-state index contributed by atoms with van der Waals surface area (Å²) >= 11 is 0. The first kappa shape index (κ1) is 27.6. The fourth-order valence-corrected chi connectivity index (χ4v) is 5.45. The van der Waals surface area contributed by atoms with Crippen LogP contribution in [0.4, 0.5) is 10.5 Å². The third-order valence-corrected chi connectivity index (χ3v) is 6.99. The number of nitrogens with one attached hydrogen (secondary N) is 1. The van der Waals surface area contributed by atoms with Crippen molar-refractivity contribution in [2.45, 2.75) is 59.0 Å². The minimum atomic E-state index is -3.56. The third-order valence-electron chi connectivity index (χ3n) is 6.40. The summed E-state index contributed by atoms with van der Waals surface area (Å²) in [6.07, 6.45) is 2.35. The van der Waals surface area contributed by atoms with Crippen LogP contribution in [0.1, 0.15) is 56.4 Å². The Balaban J connectivity index is 1.80. The number of ether oxygens (including phenoxy) is 2. The van der Waals surface area contributed by atoms with E-state index in [0.29, 0.717) is 46.9 Å². The Kier molecular flexibility index (Phi) is 7.56. The number of rotatable bonds is 5. The van der Waals surface area contributed by atoms with Gasteiger partial charge in [-0.3, -0.25) is 4.72 Å². The van der Waals surface area contributed by atoms with Gasteiger partial charge < -0.3 is 14.4 Å². The van der Waals surface area contributed by atoms with Crippen LogP contribution in [0.5, 0.6) is 5.75 Å².